The number of aliphatic imine (C=N–C) groups is 1. The van der Waals surface area contributed by atoms with Gasteiger partial charge < -0.3 is 10.4 Å². The standard InChI is InChI=1S/C22H42N2O/c1-3-5-6-7-8-9-10-11-12-13-14-15-16-17-18-19-22(25)20-23-21(4-2)24-22/h17-18,25H,3-16,19-20H2,1-2H3,(H,23,24). The lowest BCUT2D eigenvalue weighted by molar-refractivity contribution is 0.0669. The summed E-state index contributed by atoms with van der Waals surface area (Å²) in [5.74, 6) is 0.928. The average Bonchev–Trinajstić information content (AvgIpc) is 3.00. The fraction of sp³-hybridized carbons (Fsp3) is 0.864. The zero-order chi connectivity index (χ0) is 18.2. The maximum absolute atomic E-state index is 10.3. The first-order valence-corrected chi connectivity index (χ1v) is 10.9. The summed E-state index contributed by atoms with van der Waals surface area (Å²) < 4.78 is 0. The van der Waals surface area contributed by atoms with Crippen molar-refractivity contribution in [2.75, 3.05) is 6.54 Å². The molecule has 1 aliphatic rings. The molecular weight excluding hydrogens is 308 g/mol. The van der Waals surface area contributed by atoms with Gasteiger partial charge in [0, 0.05) is 12.8 Å². The number of hydrogen-bond donors (Lipinski definition) is 2. The van der Waals surface area contributed by atoms with E-state index in [-0.39, 0.29) is 0 Å². The Kier molecular flexibility index (Phi) is 12.8. The van der Waals surface area contributed by atoms with Crippen molar-refractivity contribution in [3.05, 3.63) is 12.2 Å². The predicted molar refractivity (Wildman–Crippen MR) is 110 cm³/mol. The highest BCUT2D eigenvalue weighted by Crippen LogP contribution is 2.18. The zero-order valence-corrected chi connectivity index (χ0v) is 16.9. The molecule has 1 aliphatic heterocycles. The Morgan fingerprint density at radius 2 is 1.44 bits per heavy atom. The van der Waals surface area contributed by atoms with E-state index in [9.17, 15) is 5.11 Å². The van der Waals surface area contributed by atoms with Gasteiger partial charge in [-0.15, -0.1) is 0 Å². The fourth-order valence-corrected chi connectivity index (χ4v) is 3.39. The minimum absolute atomic E-state index is 0.555. The average molecular weight is 351 g/mol. The van der Waals surface area contributed by atoms with Gasteiger partial charge in [0.05, 0.1) is 12.4 Å². The minimum Gasteiger partial charge on any atom is -0.369 e. The van der Waals surface area contributed by atoms with Crippen LogP contribution in [0.3, 0.4) is 0 Å². The number of aliphatic hydroxyl groups is 1. The normalized spacial score (nSPS) is 20.2. The van der Waals surface area contributed by atoms with Crippen LogP contribution in [0.4, 0.5) is 0 Å². The van der Waals surface area contributed by atoms with Crippen molar-refractivity contribution in [3.63, 3.8) is 0 Å². The molecule has 146 valence electrons. The van der Waals surface area contributed by atoms with Gasteiger partial charge in [-0.2, -0.15) is 0 Å². The monoisotopic (exact) mass is 350 g/mol. The minimum atomic E-state index is -0.904. The lowest BCUT2D eigenvalue weighted by Crippen LogP contribution is -2.31. The smallest absolute Gasteiger partial charge is 0.178 e. The van der Waals surface area contributed by atoms with Crippen LogP contribution in [0.25, 0.3) is 0 Å². The summed E-state index contributed by atoms with van der Waals surface area (Å²) in [7, 11) is 0. The molecule has 1 rings (SSSR count). The van der Waals surface area contributed by atoms with E-state index in [0.717, 1.165) is 18.7 Å². The van der Waals surface area contributed by atoms with E-state index in [1.807, 2.05) is 0 Å². The van der Waals surface area contributed by atoms with Crippen molar-refractivity contribution in [3.8, 4) is 0 Å². The second kappa shape index (κ2) is 14.4. The van der Waals surface area contributed by atoms with Gasteiger partial charge in [-0.25, -0.2) is 4.99 Å². The fourth-order valence-electron chi connectivity index (χ4n) is 3.39. The third-order valence-corrected chi connectivity index (χ3v) is 5.09. The summed E-state index contributed by atoms with van der Waals surface area (Å²) in [5, 5.41) is 13.5. The molecule has 3 heteroatoms. The summed E-state index contributed by atoms with van der Waals surface area (Å²) in [6.45, 7) is 4.89. The van der Waals surface area contributed by atoms with Crippen molar-refractivity contribution in [1.29, 1.82) is 0 Å². The molecule has 25 heavy (non-hydrogen) atoms. The lowest BCUT2D eigenvalue weighted by Gasteiger charge is -2.15. The van der Waals surface area contributed by atoms with Crippen molar-refractivity contribution in [1.82, 2.24) is 5.32 Å². The topological polar surface area (TPSA) is 44.6 Å². The van der Waals surface area contributed by atoms with Gasteiger partial charge in [0.25, 0.3) is 0 Å². The highest BCUT2D eigenvalue weighted by atomic mass is 16.3. The zero-order valence-electron chi connectivity index (χ0n) is 16.9. The van der Waals surface area contributed by atoms with Gasteiger partial charge in [0.15, 0.2) is 5.72 Å². The number of nitrogens with zero attached hydrogens (tertiary/aromatic N) is 1. The number of β-amino-alcohol motifs (C(OH)–C–C–N with tert-alkyl or cyclic N) is 1. The predicted octanol–water partition coefficient (Wildman–Crippen LogP) is 6.12. The number of unbranched alkanes of at least 4 members (excludes halogenated alkanes) is 12. The van der Waals surface area contributed by atoms with Crippen LogP contribution in [-0.2, 0) is 0 Å². The maximum Gasteiger partial charge on any atom is 0.178 e. The highest BCUT2D eigenvalue weighted by Gasteiger charge is 2.29. The summed E-state index contributed by atoms with van der Waals surface area (Å²) in [6, 6.07) is 0. The van der Waals surface area contributed by atoms with Crippen molar-refractivity contribution in [2.24, 2.45) is 4.99 Å². The molecule has 0 bridgehead atoms. The van der Waals surface area contributed by atoms with E-state index in [0.29, 0.717) is 13.0 Å². The van der Waals surface area contributed by atoms with Gasteiger partial charge in [-0.05, 0) is 12.8 Å². The summed E-state index contributed by atoms with van der Waals surface area (Å²) in [5.41, 5.74) is -0.904. The molecule has 0 saturated carbocycles. The number of nitrogens with one attached hydrogen (secondary N) is 1. The molecule has 0 saturated heterocycles. The van der Waals surface area contributed by atoms with Crippen LogP contribution < -0.4 is 5.32 Å². The first-order chi connectivity index (χ1) is 12.2. The van der Waals surface area contributed by atoms with E-state index < -0.39 is 5.72 Å². The van der Waals surface area contributed by atoms with Crippen LogP contribution >= 0.6 is 0 Å². The molecule has 0 spiro atoms. The summed E-state index contributed by atoms with van der Waals surface area (Å²) >= 11 is 0. The van der Waals surface area contributed by atoms with Crippen LogP contribution in [0.15, 0.2) is 17.1 Å². The van der Waals surface area contributed by atoms with Crippen LogP contribution in [0.2, 0.25) is 0 Å². The molecule has 0 aromatic carbocycles. The number of rotatable bonds is 16. The lowest BCUT2D eigenvalue weighted by atomic mass is 10.0. The number of allylic oxidation sites excluding steroid dienone is 1. The molecule has 1 heterocycles. The Labute approximate surface area is 156 Å². The molecule has 0 aromatic rings. The summed E-state index contributed by atoms with van der Waals surface area (Å²) in [4.78, 5) is 4.35. The molecule has 1 unspecified atom stereocenters. The number of hydrogen-bond acceptors (Lipinski definition) is 3. The van der Waals surface area contributed by atoms with E-state index in [4.69, 9.17) is 0 Å². The van der Waals surface area contributed by atoms with Gasteiger partial charge in [-0.1, -0.05) is 96.6 Å². The first kappa shape index (κ1) is 22.2. The van der Waals surface area contributed by atoms with Crippen molar-refractivity contribution >= 4 is 5.84 Å². The quantitative estimate of drug-likeness (QED) is 0.260. The highest BCUT2D eigenvalue weighted by molar-refractivity contribution is 5.83. The largest absolute Gasteiger partial charge is 0.369 e. The molecule has 3 nitrogen and oxygen atoms in total. The van der Waals surface area contributed by atoms with E-state index >= 15 is 0 Å². The van der Waals surface area contributed by atoms with Gasteiger partial charge in [0.2, 0.25) is 0 Å². The third kappa shape index (κ3) is 11.4. The van der Waals surface area contributed by atoms with Crippen LogP contribution in [0.5, 0.6) is 0 Å². The SMILES string of the molecule is CCCCCCCCCCCCCCC=CCC1(O)CNC(CC)=N1. The van der Waals surface area contributed by atoms with E-state index in [2.05, 4.69) is 36.3 Å². The van der Waals surface area contributed by atoms with Gasteiger partial charge >= 0.3 is 0 Å². The van der Waals surface area contributed by atoms with Gasteiger partial charge in [-0.3, -0.25) is 0 Å². The molecule has 2 N–H and O–H groups in total. The Bertz CT molecular complexity index is 378. The van der Waals surface area contributed by atoms with Crippen LogP contribution in [0.1, 0.15) is 110 Å². The van der Waals surface area contributed by atoms with Crippen LogP contribution in [0, 0.1) is 0 Å². The van der Waals surface area contributed by atoms with Crippen molar-refractivity contribution in [2.45, 2.75) is 116 Å². The molecule has 0 fully saturated rings. The molecule has 0 radical (unpaired) electrons. The molecule has 1 atom stereocenters. The molecule has 0 aromatic heterocycles. The molecular formula is C22H42N2O. The first-order valence-electron chi connectivity index (χ1n) is 10.9. The second-order valence-corrected chi connectivity index (χ2v) is 7.60. The second-order valence-electron chi connectivity index (χ2n) is 7.60. The molecule has 0 amide bonds. The Balaban J connectivity index is 1.85. The van der Waals surface area contributed by atoms with Crippen molar-refractivity contribution < 1.29 is 5.11 Å². The third-order valence-electron chi connectivity index (χ3n) is 5.09. The Morgan fingerprint density at radius 1 is 0.880 bits per heavy atom. The Morgan fingerprint density at radius 3 is 1.96 bits per heavy atom. The van der Waals surface area contributed by atoms with E-state index in [1.54, 1.807) is 0 Å². The van der Waals surface area contributed by atoms with E-state index in [1.165, 1.54) is 77.0 Å². The molecule has 0 aliphatic carbocycles. The van der Waals surface area contributed by atoms with Gasteiger partial charge in [0.1, 0.15) is 0 Å². The summed E-state index contributed by atoms with van der Waals surface area (Å²) in [6.07, 6.45) is 23.7. The number of amidine groups is 1. The Hall–Kier alpha value is -0.830. The van der Waals surface area contributed by atoms with Crippen LogP contribution in [-0.4, -0.2) is 23.2 Å². The maximum atomic E-state index is 10.3.